The fraction of sp³-hybridized carbons (Fsp3) is 0.143. The number of ether oxygens (including phenoxy) is 1. The minimum Gasteiger partial charge on any atom is -0.495 e. The molecule has 1 atom stereocenters. The third-order valence-electron chi connectivity index (χ3n) is 2.88. The monoisotopic (exact) mass is 297 g/mol. The molecule has 0 aliphatic heterocycles. The van der Waals surface area contributed by atoms with Gasteiger partial charge in [0.25, 0.3) is 0 Å². The maximum atomic E-state index is 10.5. The van der Waals surface area contributed by atoms with Crippen LogP contribution < -0.4 is 10.5 Å². The molecule has 0 aromatic heterocycles. The number of aliphatic hydroxyl groups is 1. The Morgan fingerprint density at radius 2 is 1.79 bits per heavy atom. The second-order valence-electron chi connectivity index (χ2n) is 4.03. The summed E-state index contributed by atoms with van der Waals surface area (Å²) in [5.41, 5.74) is 6.97. The van der Waals surface area contributed by atoms with Crippen molar-refractivity contribution < 1.29 is 9.84 Å². The average Bonchev–Trinajstić information content (AvgIpc) is 2.42. The van der Waals surface area contributed by atoms with Gasteiger partial charge in [-0.15, -0.1) is 0 Å². The van der Waals surface area contributed by atoms with E-state index in [1.54, 1.807) is 36.4 Å². The summed E-state index contributed by atoms with van der Waals surface area (Å²) < 4.78 is 5.06. The van der Waals surface area contributed by atoms with Gasteiger partial charge >= 0.3 is 0 Å². The highest BCUT2D eigenvalue weighted by Gasteiger charge is 2.32. The molecule has 2 aromatic carbocycles. The van der Waals surface area contributed by atoms with Gasteiger partial charge in [-0.05, 0) is 12.1 Å². The number of hydrogen-bond donors (Lipinski definition) is 2. The Bertz CT molecular complexity index is 585. The third kappa shape index (κ3) is 2.50. The fourth-order valence-corrected chi connectivity index (χ4v) is 2.37. The maximum absolute atomic E-state index is 10.5. The van der Waals surface area contributed by atoms with E-state index in [0.29, 0.717) is 16.9 Å². The molecule has 3 nitrogen and oxygen atoms in total. The van der Waals surface area contributed by atoms with Crippen molar-refractivity contribution in [2.75, 3.05) is 12.8 Å². The summed E-state index contributed by atoms with van der Waals surface area (Å²) in [6, 6.07) is 12.0. The first kappa shape index (κ1) is 14.0. The van der Waals surface area contributed by atoms with E-state index in [2.05, 4.69) is 0 Å². The first-order valence-corrected chi connectivity index (χ1v) is 6.33. The smallest absolute Gasteiger partial charge is 0.192 e. The number of nitrogens with two attached hydrogens (primary N) is 1. The molecule has 1 unspecified atom stereocenters. The lowest BCUT2D eigenvalue weighted by Gasteiger charge is -2.24. The summed E-state index contributed by atoms with van der Waals surface area (Å²) in [7, 11) is 1.49. The fourth-order valence-electron chi connectivity index (χ4n) is 1.83. The van der Waals surface area contributed by atoms with Crippen LogP contribution in [0, 0.1) is 0 Å². The minimum absolute atomic E-state index is 0.197. The summed E-state index contributed by atoms with van der Waals surface area (Å²) in [5, 5.41) is 9.01. The van der Waals surface area contributed by atoms with E-state index >= 15 is 0 Å². The molecule has 0 aliphatic rings. The van der Waals surface area contributed by atoms with E-state index in [4.69, 9.17) is 33.7 Å². The van der Waals surface area contributed by atoms with Gasteiger partial charge in [-0.2, -0.15) is 0 Å². The number of hydrogen-bond acceptors (Lipinski definition) is 3. The topological polar surface area (TPSA) is 55.5 Å². The van der Waals surface area contributed by atoms with Crippen molar-refractivity contribution in [3.05, 3.63) is 58.6 Å². The molecular formula is C14H13Cl2NO2. The lowest BCUT2D eigenvalue weighted by Crippen LogP contribution is -2.21. The van der Waals surface area contributed by atoms with Crippen LogP contribution in [0.3, 0.4) is 0 Å². The summed E-state index contributed by atoms with van der Waals surface area (Å²) in [6.07, 6.45) is 0. The van der Waals surface area contributed by atoms with Crippen LogP contribution in [0.15, 0.2) is 42.5 Å². The second kappa shape index (κ2) is 5.29. The molecule has 2 rings (SSSR count). The van der Waals surface area contributed by atoms with Crippen molar-refractivity contribution in [3.8, 4) is 5.75 Å². The van der Waals surface area contributed by atoms with Gasteiger partial charge in [-0.3, -0.25) is 0 Å². The molecule has 0 spiro atoms. The molecule has 0 aliphatic carbocycles. The average molecular weight is 298 g/mol. The predicted molar refractivity (Wildman–Crippen MR) is 77.7 cm³/mol. The van der Waals surface area contributed by atoms with E-state index in [9.17, 15) is 5.11 Å². The Morgan fingerprint density at radius 1 is 1.16 bits per heavy atom. The molecular weight excluding hydrogens is 285 g/mol. The zero-order valence-corrected chi connectivity index (χ0v) is 11.7. The van der Waals surface area contributed by atoms with Gasteiger partial charge in [0.15, 0.2) is 5.06 Å². The molecule has 2 aromatic rings. The van der Waals surface area contributed by atoms with Gasteiger partial charge in [-0.25, -0.2) is 0 Å². The summed E-state index contributed by atoms with van der Waals surface area (Å²) in [6.45, 7) is 0. The molecule has 0 bridgehead atoms. The van der Waals surface area contributed by atoms with Gasteiger partial charge in [0.05, 0.1) is 12.8 Å². The van der Waals surface area contributed by atoms with Gasteiger partial charge in [0.2, 0.25) is 0 Å². The Hall–Kier alpha value is -1.42. The molecule has 0 saturated carbocycles. The largest absolute Gasteiger partial charge is 0.495 e. The van der Waals surface area contributed by atoms with Crippen molar-refractivity contribution in [2.45, 2.75) is 5.06 Å². The van der Waals surface area contributed by atoms with Gasteiger partial charge in [-0.1, -0.05) is 53.5 Å². The number of alkyl halides is 1. The van der Waals surface area contributed by atoms with Gasteiger partial charge in [0.1, 0.15) is 10.8 Å². The number of methoxy groups -OCH3 is 1. The number of rotatable bonds is 3. The van der Waals surface area contributed by atoms with Crippen LogP contribution >= 0.6 is 23.2 Å². The van der Waals surface area contributed by atoms with E-state index in [1.165, 1.54) is 7.11 Å². The molecule has 19 heavy (non-hydrogen) atoms. The van der Waals surface area contributed by atoms with Crippen molar-refractivity contribution in [1.29, 1.82) is 0 Å². The van der Waals surface area contributed by atoms with Crippen molar-refractivity contribution in [3.63, 3.8) is 0 Å². The zero-order chi connectivity index (χ0) is 14.0. The normalized spacial score (nSPS) is 13.9. The first-order valence-electron chi connectivity index (χ1n) is 5.57. The maximum Gasteiger partial charge on any atom is 0.192 e. The number of nitrogen functional groups attached to an aromatic ring is 1. The SMILES string of the molecule is COc1ccc(C(O)(Cl)c2ccccc2)c(N)c1Cl. The minimum atomic E-state index is -1.73. The highest BCUT2D eigenvalue weighted by atomic mass is 35.5. The first-order chi connectivity index (χ1) is 8.98. The Labute approximate surface area is 121 Å². The third-order valence-corrected chi connectivity index (χ3v) is 3.69. The van der Waals surface area contributed by atoms with Crippen molar-refractivity contribution in [2.24, 2.45) is 0 Å². The summed E-state index contributed by atoms with van der Waals surface area (Å²) >= 11 is 12.3. The van der Waals surface area contributed by atoms with Crippen LogP contribution in [0.4, 0.5) is 5.69 Å². The highest BCUT2D eigenvalue weighted by Crippen LogP contribution is 2.42. The molecule has 0 radical (unpaired) electrons. The lowest BCUT2D eigenvalue weighted by molar-refractivity contribution is 0.173. The van der Waals surface area contributed by atoms with E-state index < -0.39 is 5.06 Å². The van der Waals surface area contributed by atoms with Crippen LogP contribution in [0.2, 0.25) is 5.02 Å². The zero-order valence-electron chi connectivity index (χ0n) is 10.2. The molecule has 0 fully saturated rings. The standard InChI is InChI=1S/C14H13Cl2NO2/c1-19-11-8-7-10(13(17)12(11)15)14(16,18)9-5-3-2-4-6-9/h2-8,18H,17H2,1H3. The van der Waals surface area contributed by atoms with E-state index in [0.717, 1.165) is 0 Å². The van der Waals surface area contributed by atoms with Crippen LogP contribution in [-0.2, 0) is 5.06 Å². The van der Waals surface area contributed by atoms with Gasteiger partial charge in [0, 0.05) is 11.1 Å². The lowest BCUT2D eigenvalue weighted by atomic mass is 9.99. The summed E-state index contributed by atoms with van der Waals surface area (Å²) in [5.74, 6) is 0.434. The van der Waals surface area contributed by atoms with Crippen LogP contribution in [0.5, 0.6) is 5.75 Å². The predicted octanol–water partition coefficient (Wildman–Crippen LogP) is 3.36. The number of halogens is 2. The number of benzene rings is 2. The Balaban J connectivity index is 2.56. The van der Waals surface area contributed by atoms with Gasteiger partial charge < -0.3 is 15.6 Å². The second-order valence-corrected chi connectivity index (χ2v) is 4.96. The number of anilines is 1. The highest BCUT2D eigenvalue weighted by molar-refractivity contribution is 6.35. The molecule has 5 heteroatoms. The van der Waals surface area contributed by atoms with Crippen molar-refractivity contribution in [1.82, 2.24) is 0 Å². The van der Waals surface area contributed by atoms with Crippen LogP contribution in [-0.4, -0.2) is 12.2 Å². The molecule has 100 valence electrons. The molecule has 0 amide bonds. The molecule has 0 heterocycles. The van der Waals surface area contributed by atoms with Crippen LogP contribution in [0.25, 0.3) is 0 Å². The quantitative estimate of drug-likeness (QED) is 0.675. The Morgan fingerprint density at radius 3 is 2.37 bits per heavy atom. The summed E-state index contributed by atoms with van der Waals surface area (Å²) in [4.78, 5) is 0. The molecule has 3 N–H and O–H groups in total. The van der Waals surface area contributed by atoms with Crippen LogP contribution in [0.1, 0.15) is 11.1 Å². The van der Waals surface area contributed by atoms with E-state index in [1.807, 2.05) is 6.07 Å². The Kier molecular flexibility index (Phi) is 3.90. The molecule has 0 saturated heterocycles. The van der Waals surface area contributed by atoms with E-state index in [-0.39, 0.29) is 10.7 Å². The van der Waals surface area contributed by atoms with Crippen molar-refractivity contribution >= 4 is 28.9 Å².